The summed E-state index contributed by atoms with van der Waals surface area (Å²) in [5, 5.41) is 15.7. The van der Waals surface area contributed by atoms with Gasteiger partial charge in [-0.25, -0.2) is 5.43 Å². The van der Waals surface area contributed by atoms with Crippen LogP contribution >= 0.6 is 22.9 Å². The van der Waals surface area contributed by atoms with E-state index in [9.17, 15) is 9.59 Å². The number of rotatable bonds is 8. The molecule has 0 radical (unpaired) electrons. The summed E-state index contributed by atoms with van der Waals surface area (Å²) in [5.41, 5.74) is 4.63. The molecule has 0 bridgehead atoms. The van der Waals surface area contributed by atoms with Crippen molar-refractivity contribution in [3.05, 3.63) is 88.9 Å². The number of nitrogens with one attached hydrogen (secondary N) is 2. The van der Waals surface area contributed by atoms with Crippen LogP contribution in [-0.4, -0.2) is 35.3 Å². The predicted octanol–water partition coefficient (Wildman–Crippen LogP) is 4.53. The largest absolute Gasteiger partial charge is 0.493 e. The predicted molar refractivity (Wildman–Crippen MR) is 138 cm³/mol. The van der Waals surface area contributed by atoms with Crippen LogP contribution in [0.5, 0.6) is 11.5 Å². The Bertz CT molecular complexity index is 1380. The number of halogens is 1. The van der Waals surface area contributed by atoms with E-state index in [0.29, 0.717) is 33.7 Å². The van der Waals surface area contributed by atoms with Gasteiger partial charge in [0, 0.05) is 10.6 Å². The van der Waals surface area contributed by atoms with Gasteiger partial charge in [-0.15, -0.1) is 10.2 Å². The molecule has 11 heteroatoms. The Morgan fingerprint density at radius 2 is 1.78 bits per heavy atom. The molecule has 2 N–H and O–H groups in total. The third kappa shape index (κ3) is 6.65. The van der Waals surface area contributed by atoms with Crippen molar-refractivity contribution in [1.29, 1.82) is 0 Å². The number of ether oxygens (including phenoxy) is 2. The Hall–Kier alpha value is -4.28. The quantitative estimate of drug-likeness (QED) is 0.200. The van der Waals surface area contributed by atoms with Crippen LogP contribution in [0.4, 0.5) is 5.13 Å². The number of benzene rings is 3. The zero-order chi connectivity index (χ0) is 25.3. The number of nitrogens with zero attached hydrogens (tertiary/aromatic N) is 3. The summed E-state index contributed by atoms with van der Waals surface area (Å²) in [5.74, 6) is -0.827. The van der Waals surface area contributed by atoms with E-state index in [0.717, 1.165) is 22.5 Å². The van der Waals surface area contributed by atoms with Gasteiger partial charge in [-0.3, -0.25) is 14.9 Å². The summed E-state index contributed by atoms with van der Waals surface area (Å²) in [6, 6.07) is 21.9. The number of hydrogen-bond donors (Lipinski definition) is 2. The molecule has 182 valence electrons. The normalized spacial score (nSPS) is 10.7. The van der Waals surface area contributed by atoms with E-state index in [1.54, 1.807) is 30.3 Å². The molecular weight excluding hydrogens is 502 g/mol. The van der Waals surface area contributed by atoms with E-state index >= 15 is 0 Å². The van der Waals surface area contributed by atoms with Gasteiger partial charge in [0.1, 0.15) is 11.6 Å². The van der Waals surface area contributed by atoms with Crippen molar-refractivity contribution < 1.29 is 19.1 Å². The molecule has 0 saturated carbocycles. The number of hydrogen-bond acceptors (Lipinski definition) is 8. The third-order valence-electron chi connectivity index (χ3n) is 4.75. The molecule has 0 atom stereocenters. The topological polar surface area (TPSA) is 115 Å². The van der Waals surface area contributed by atoms with E-state index in [1.807, 2.05) is 42.5 Å². The van der Waals surface area contributed by atoms with Gasteiger partial charge in [0.05, 0.1) is 13.3 Å². The number of carbonyl (C=O) groups is 2. The van der Waals surface area contributed by atoms with Gasteiger partial charge in [0.25, 0.3) is 0 Å². The molecule has 1 heterocycles. The van der Waals surface area contributed by atoms with E-state index in [1.165, 1.54) is 13.3 Å². The van der Waals surface area contributed by atoms with Crippen LogP contribution in [0.3, 0.4) is 0 Å². The van der Waals surface area contributed by atoms with Crippen molar-refractivity contribution in [2.75, 3.05) is 12.4 Å². The smallest absolute Gasteiger partial charge is 0.329 e. The van der Waals surface area contributed by atoms with Gasteiger partial charge in [-0.1, -0.05) is 65.4 Å². The van der Waals surface area contributed by atoms with Crippen LogP contribution in [0.1, 0.15) is 11.1 Å². The van der Waals surface area contributed by atoms with Gasteiger partial charge in [-0.05, 0) is 41.5 Å². The highest BCUT2D eigenvalue weighted by Crippen LogP contribution is 2.29. The van der Waals surface area contributed by atoms with Crippen molar-refractivity contribution in [3.8, 4) is 22.1 Å². The number of amides is 2. The maximum atomic E-state index is 12.2. The van der Waals surface area contributed by atoms with Crippen LogP contribution < -0.4 is 20.2 Å². The molecule has 0 aliphatic rings. The average Bonchev–Trinajstić information content (AvgIpc) is 3.37. The maximum Gasteiger partial charge on any atom is 0.329 e. The molecule has 9 nitrogen and oxygen atoms in total. The van der Waals surface area contributed by atoms with E-state index < -0.39 is 11.8 Å². The number of anilines is 1. The highest BCUT2D eigenvalue weighted by atomic mass is 35.5. The number of aromatic nitrogens is 2. The second kappa shape index (κ2) is 11.9. The van der Waals surface area contributed by atoms with Crippen LogP contribution in [0.15, 0.2) is 77.9 Å². The lowest BCUT2D eigenvalue weighted by Gasteiger charge is -2.11. The van der Waals surface area contributed by atoms with Gasteiger partial charge in [0.15, 0.2) is 11.5 Å². The summed E-state index contributed by atoms with van der Waals surface area (Å²) in [6.45, 7) is 0.341. The first kappa shape index (κ1) is 24.8. The van der Waals surface area contributed by atoms with Crippen LogP contribution in [0.2, 0.25) is 5.02 Å². The van der Waals surface area contributed by atoms with Gasteiger partial charge in [0.2, 0.25) is 5.13 Å². The standard InChI is InChI=1S/C25H20ClN5O4S/c1-34-21-13-17(9-12-20(21)35-15-16-7-10-19(26)11-8-16)14-27-29-23(33)22(32)28-25-31-30-24(36-25)18-5-3-2-4-6-18/h2-14H,15H2,1H3,(H,29,33)(H,28,31,32)/b27-14-. The molecule has 0 unspecified atom stereocenters. The fourth-order valence-corrected chi connectivity index (χ4v) is 3.84. The summed E-state index contributed by atoms with van der Waals surface area (Å²) < 4.78 is 11.2. The van der Waals surface area contributed by atoms with Gasteiger partial charge < -0.3 is 9.47 Å². The van der Waals surface area contributed by atoms with E-state index in [2.05, 4.69) is 26.0 Å². The SMILES string of the molecule is COc1cc(/C=N\NC(=O)C(=O)Nc2nnc(-c3ccccc3)s2)ccc1OCc1ccc(Cl)cc1. The maximum absolute atomic E-state index is 12.2. The highest BCUT2D eigenvalue weighted by molar-refractivity contribution is 7.18. The Kier molecular flexibility index (Phi) is 8.22. The van der Waals surface area contributed by atoms with Gasteiger partial charge in [-0.2, -0.15) is 5.10 Å². The molecule has 36 heavy (non-hydrogen) atoms. The molecule has 0 saturated heterocycles. The second-order valence-corrected chi connectivity index (χ2v) is 8.67. The zero-order valence-electron chi connectivity index (χ0n) is 19.0. The Morgan fingerprint density at radius 1 is 1.00 bits per heavy atom. The lowest BCUT2D eigenvalue weighted by molar-refractivity contribution is -0.136. The minimum Gasteiger partial charge on any atom is -0.493 e. The molecule has 0 aliphatic heterocycles. The summed E-state index contributed by atoms with van der Waals surface area (Å²) in [4.78, 5) is 24.3. The molecule has 4 aromatic rings. The first-order chi connectivity index (χ1) is 17.5. The fraction of sp³-hybridized carbons (Fsp3) is 0.0800. The van der Waals surface area contributed by atoms with Crippen molar-refractivity contribution >= 4 is 46.1 Å². The molecule has 4 rings (SSSR count). The van der Waals surface area contributed by atoms with Crippen molar-refractivity contribution in [2.45, 2.75) is 6.61 Å². The van der Waals surface area contributed by atoms with E-state index in [4.69, 9.17) is 21.1 Å². The van der Waals surface area contributed by atoms with Gasteiger partial charge >= 0.3 is 11.8 Å². The lowest BCUT2D eigenvalue weighted by atomic mass is 10.2. The van der Waals surface area contributed by atoms with Crippen LogP contribution in [0.25, 0.3) is 10.6 Å². The third-order valence-corrected chi connectivity index (χ3v) is 5.89. The minimum atomic E-state index is -0.947. The summed E-state index contributed by atoms with van der Waals surface area (Å²) in [7, 11) is 1.52. The molecular formula is C25H20ClN5O4S. The average molecular weight is 522 g/mol. The highest BCUT2D eigenvalue weighted by Gasteiger charge is 2.16. The number of carbonyl (C=O) groups excluding carboxylic acids is 2. The molecule has 0 fully saturated rings. The number of methoxy groups -OCH3 is 1. The van der Waals surface area contributed by atoms with Crippen molar-refractivity contribution in [1.82, 2.24) is 15.6 Å². The van der Waals surface area contributed by atoms with Crippen LogP contribution in [0, 0.1) is 0 Å². The van der Waals surface area contributed by atoms with Crippen molar-refractivity contribution in [2.24, 2.45) is 5.10 Å². The first-order valence-electron chi connectivity index (χ1n) is 10.6. The van der Waals surface area contributed by atoms with Crippen molar-refractivity contribution in [3.63, 3.8) is 0 Å². The monoisotopic (exact) mass is 521 g/mol. The lowest BCUT2D eigenvalue weighted by Crippen LogP contribution is -2.32. The first-order valence-corrected chi connectivity index (χ1v) is 11.8. The second-order valence-electron chi connectivity index (χ2n) is 7.26. The minimum absolute atomic E-state index is 0.205. The zero-order valence-corrected chi connectivity index (χ0v) is 20.5. The summed E-state index contributed by atoms with van der Waals surface area (Å²) in [6.07, 6.45) is 1.38. The molecule has 0 spiro atoms. The van der Waals surface area contributed by atoms with Crippen LogP contribution in [-0.2, 0) is 16.2 Å². The van der Waals surface area contributed by atoms with E-state index in [-0.39, 0.29) is 5.13 Å². The number of hydrazone groups is 1. The Morgan fingerprint density at radius 3 is 2.53 bits per heavy atom. The molecule has 3 aromatic carbocycles. The molecule has 0 aliphatic carbocycles. The fourth-order valence-electron chi connectivity index (χ4n) is 2.97. The Labute approximate surface area is 215 Å². The summed E-state index contributed by atoms with van der Waals surface area (Å²) >= 11 is 7.06. The Balaban J connectivity index is 1.30. The molecule has 2 amide bonds. The molecule has 1 aromatic heterocycles.